The van der Waals surface area contributed by atoms with Crippen LogP contribution in [-0.2, 0) is 21.7 Å². The first-order valence-corrected chi connectivity index (χ1v) is 11.9. The van der Waals surface area contributed by atoms with E-state index in [1.54, 1.807) is 6.07 Å². The lowest BCUT2D eigenvalue weighted by molar-refractivity contribution is -0.274. The highest BCUT2D eigenvalue weighted by atomic mass is 19.4. The van der Waals surface area contributed by atoms with Crippen molar-refractivity contribution in [3.8, 4) is 17.2 Å². The van der Waals surface area contributed by atoms with Gasteiger partial charge >= 0.3 is 12.4 Å². The molecule has 10 nitrogen and oxygen atoms in total. The molecule has 1 unspecified atom stereocenters. The summed E-state index contributed by atoms with van der Waals surface area (Å²) in [5.74, 6) is -1.30. The number of imide groups is 1. The third kappa shape index (κ3) is 4.44. The number of alkyl halides is 3. The van der Waals surface area contributed by atoms with Gasteiger partial charge < -0.3 is 19.4 Å². The summed E-state index contributed by atoms with van der Waals surface area (Å²) < 4.78 is 46.7. The molecule has 0 radical (unpaired) electrons. The van der Waals surface area contributed by atoms with Gasteiger partial charge in [0, 0.05) is 24.1 Å². The Kier molecular flexibility index (Phi) is 5.40. The fourth-order valence-electron chi connectivity index (χ4n) is 4.86. The standard InChI is InChI=1S/C25H20F3N5O5/c26-25(27,28)38-16-5-2-13(3-6-16)21-31-32-23(37-21)30-24(9-10-24)15-4-1-14-12-33(22(36)17(14)11-15)18-7-8-19(34)29-20(18)35/h1-6,11,18H,7-10,12H2,(H,30,32)(H,29,34,35). The zero-order valence-corrected chi connectivity index (χ0v) is 19.7. The van der Waals surface area contributed by atoms with E-state index in [1.165, 1.54) is 17.0 Å². The molecule has 3 heterocycles. The molecule has 3 aromatic rings. The van der Waals surface area contributed by atoms with Crippen LogP contribution >= 0.6 is 0 Å². The second kappa shape index (κ2) is 8.57. The van der Waals surface area contributed by atoms with E-state index in [2.05, 4.69) is 25.6 Å². The number of hydrogen-bond acceptors (Lipinski definition) is 8. The summed E-state index contributed by atoms with van der Waals surface area (Å²) >= 11 is 0. The number of aromatic nitrogens is 2. The minimum absolute atomic E-state index is 0.117. The number of carbonyl (C=O) groups is 3. The summed E-state index contributed by atoms with van der Waals surface area (Å²) in [6.07, 6.45) is -2.81. The zero-order chi connectivity index (χ0) is 26.7. The number of fused-ring (bicyclic) bond motifs is 1. The van der Waals surface area contributed by atoms with Gasteiger partial charge in [0.25, 0.3) is 5.91 Å². The maximum atomic E-state index is 13.2. The van der Waals surface area contributed by atoms with Gasteiger partial charge in [-0.3, -0.25) is 19.7 Å². The molecule has 1 atom stereocenters. The molecule has 2 aromatic carbocycles. The van der Waals surface area contributed by atoms with Gasteiger partial charge in [-0.05, 0) is 60.7 Å². The van der Waals surface area contributed by atoms with Crippen molar-refractivity contribution in [1.82, 2.24) is 20.4 Å². The third-order valence-corrected chi connectivity index (χ3v) is 6.94. The molecule has 0 spiro atoms. The number of nitrogens with zero attached hydrogens (tertiary/aromatic N) is 3. The molecular weight excluding hydrogens is 507 g/mol. The first-order chi connectivity index (χ1) is 18.1. The Morgan fingerprint density at radius 1 is 1.08 bits per heavy atom. The van der Waals surface area contributed by atoms with Crippen molar-refractivity contribution in [1.29, 1.82) is 0 Å². The van der Waals surface area contributed by atoms with Crippen LogP contribution in [0.3, 0.4) is 0 Å². The Labute approximate surface area is 213 Å². The Morgan fingerprint density at radius 3 is 2.53 bits per heavy atom. The molecule has 38 heavy (non-hydrogen) atoms. The minimum atomic E-state index is -4.78. The molecule has 1 saturated heterocycles. The van der Waals surface area contributed by atoms with Crippen LogP contribution in [0.15, 0.2) is 46.9 Å². The summed E-state index contributed by atoms with van der Waals surface area (Å²) in [7, 11) is 0. The van der Waals surface area contributed by atoms with E-state index in [-0.39, 0.29) is 35.9 Å². The molecule has 2 aliphatic heterocycles. The van der Waals surface area contributed by atoms with Crippen LogP contribution in [0.5, 0.6) is 5.75 Å². The largest absolute Gasteiger partial charge is 0.573 e. The highest BCUT2D eigenvalue weighted by Crippen LogP contribution is 2.49. The van der Waals surface area contributed by atoms with Crippen LogP contribution in [0.2, 0.25) is 0 Å². The third-order valence-electron chi connectivity index (χ3n) is 6.94. The molecule has 1 aromatic heterocycles. The van der Waals surface area contributed by atoms with Gasteiger partial charge in [0.05, 0.1) is 5.54 Å². The van der Waals surface area contributed by atoms with E-state index in [0.717, 1.165) is 36.1 Å². The van der Waals surface area contributed by atoms with Crippen LogP contribution in [0.4, 0.5) is 19.2 Å². The fourth-order valence-corrected chi connectivity index (χ4v) is 4.86. The molecule has 3 amide bonds. The smallest absolute Gasteiger partial charge is 0.406 e. The van der Waals surface area contributed by atoms with E-state index >= 15 is 0 Å². The first kappa shape index (κ1) is 23.9. The number of amides is 3. The van der Waals surface area contributed by atoms with Gasteiger partial charge in [0.15, 0.2) is 0 Å². The average Bonchev–Trinajstić information content (AvgIpc) is 3.37. The number of carbonyl (C=O) groups excluding carboxylic acids is 3. The zero-order valence-electron chi connectivity index (χ0n) is 19.7. The van der Waals surface area contributed by atoms with E-state index < -0.39 is 23.9 Å². The van der Waals surface area contributed by atoms with Crippen LogP contribution in [0.1, 0.15) is 47.2 Å². The average molecular weight is 527 g/mol. The second-order valence-electron chi connectivity index (χ2n) is 9.46. The van der Waals surface area contributed by atoms with Crippen molar-refractivity contribution in [2.24, 2.45) is 0 Å². The number of hydrogen-bond donors (Lipinski definition) is 2. The molecule has 6 rings (SSSR count). The highest BCUT2D eigenvalue weighted by molar-refractivity contribution is 6.05. The van der Waals surface area contributed by atoms with Crippen molar-refractivity contribution in [2.45, 2.75) is 50.2 Å². The van der Waals surface area contributed by atoms with Crippen molar-refractivity contribution >= 4 is 23.7 Å². The minimum Gasteiger partial charge on any atom is -0.406 e. The molecule has 1 aliphatic carbocycles. The number of rotatable bonds is 6. The van der Waals surface area contributed by atoms with Gasteiger partial charge in [0.1, 0.15) is 11.8 Å². The maximum Gasteiger partial charge on any atom is 0.573 e. The maximum absolute atomic E-state index is 13.2. The summed E-state index contributed by atoms with van der Waals surface area (Å²) in [4.78, 5) is 38.4. The molecular formula is C25H20F3N5O5. The number of benzene rings is 2. The Bertz CT molecular complexity index is 1450. The Morgan fingerprint density at radius 2 is 1.84 bits per heavy atom. The Hall–Kier alpha value is -4.42. The SMILES string of the molecule is O=C1CCC(N2Cc3ccc(C4(Nc5nnc(-c6ccc(OC(F)(F)F)cc6)o5)CC4)cc3C2=O)C(=O)N1. The molecule has 1 saturated carbocycles. The van der Waals surface area contributed by atoms with Gasteiger partial charge in [-0.15, -0.1) is 18.3 Å². The van der Waals surface area contributed by atoms with Crippen molar-refractivity contribution in [3.63, 3.8) is 0 Å². The molecule has 13 heteroatoms. The number of ether oxygens (including phenoxy) is 1. The molecule has 3 aliphatic rings. The monoisotopic (exact) mass is 527 g/mol. The van der Waals surface area contributed by atoms with E-state index in [9.17, 15) is 27.6 Å². The normalized spacial score (nSPS) is 20.2. The quantitative estimate of drug-likeness (QED) is 0.467. The van der Waals surface area contributed by atoms with E-state index in [0.29, 0.717) is 24.1 Å². The van der Waals surface area contributed by atoms with Crippen molar-refractivity contribution in [2.75, 3.05) is 5.32 Å². The fraction of sp³-hybridized carbons (Fsp3) is 0.320. The lowest BCUT2D eigenvalue weighted by Crippen LogP contribution is -2.52. The first-order valence-electron chi connectivity index (χ1n) is 11.9. The van der Waals surface area contributed by atoms with Gasteiger partial charge in [0.2, 0.25) is 17.7 Å². The summed E-state index contributed by atoms with van der Waals surface area (Å²) in [6, 6.07) is 10.1. The Balaban J connectivity index is 1.17. The number of piperidine rings is 1. The predicted octanol–water partition coefficient (Wildman–Crippen LogP) is 3.50. The van der Waals surface area contributed by atoms with E-state index in [4.69, 9.17) is 4.42 Å². The van der Waals surface area contributed by atoms with Gasteiger partial charge in [-0.25, -0.2) is 0 Å². The summed E-state index contributed by atoms with van der Waals surface area (Å²) in [6.45, 7) is 0.293. The van der Waals surface area contributed by atoms with Gasteiger partial charge in [-0.1, -0.05) is 17.2 Å². The van der Waals surface area contributed by atoms with Crippen LogP contribution in [0.25, 0.3) is 11.5 Å². The molecule has 2 N–H and O–H groups in total. The lowest BCUT2D eigenvalue weighted by Gasteiger charge is -2.29. The van der Waals surface area contributed by atoms with Crippen LogP contribution in [-0.4, -0.2) is 45.2 Å². The summed E-state index contributed by atoms with van der Waals surface area (Å²) in [5, 5.41) is 13.5. The van der Waals surface area contributed by atoms with Crippen LogP contribution < -0.4 is 15.4 Å². The van der Waals surface area contributed by atoms with Gasteiger partial charge in [-0.2, -0.15) is 0 Å². The number of anilines is 1. The van der Waals surface area contributed by atoms with Crippen molar-refractivity contribution in [3.05, 3.63) is 59.2 Å². The highest BCUT2D eigenvalue weighted by Gasteiger charge is 2.47. The molecule has 2 fully saturated rings. The van der Waals surface area contributed by atoms with Crippen LogP contribution in [0, 0.1) is 0 Å². The lowest BCUT2D eigenvalue weighted by atomic mass is 9.99. The number of nitrogens with one attached hydrogen (secondary N) is 2. The molecule has 0 bridgehead atoms. The predicted molar refractivity (Wildman–Crippen MR) is 123 cm³/mol. The number of halogens is 3. The van der Waals surface area contributed by atoms with Crippen molar-refractivity contribution < 1.29 is 36.7 Å². The second-order valence-corrected chi connectivity index (χ2v) is 9.46. The topological polar surface area (TPSA) is 127 Å². The molecule has 196 valence electrons. The van der Waals surface area contributed by atoms with E-state index in [1.807, 2.05) is 12.1 Å². The summed E-state index contributed by atoms with van der Waals surface area (Å²) in [5.41, 5.74) is 2.06.